The molecule has 2 aromatic carbocycles. The summed E-state index contributed by atoms with van der Waals surface area (Å²) in [6.07, 6.45) is 6.77. The van der Waals surface area contributed by atoms with E-state index in [4.69, 9.17) is 4.42 Å². The molecule has 0 unspecified atom stereocenters. The van der Waals surface area contributed by atoms with Crippen LogP contribution in [0.15, 0.2) is 83.9 Å². The number of aromatic nitrogens is 5. The minimum absolute atomic E-state index is 0.494. The normalized spacial score (nSPS) is 11.7. The van der Waals surface area contributed by atoms with Crippen molar-refractivity contribution in [3.63, 3.8) is 0 Å². The van der Waals surface area contributed by atoms with Gasteiger partial charge in [-0.1, -0.05) is 36.4 Å². The zero-order valence-corrected chi connectivity index (χ0v) is 19.1. The van der Waals surface area contributed by atoms with Crippen LogP contribution in [0.5, 0.6) is 0 Å². The molecule has 0 saturated carbocycles. The molecule has 168 valence electrons. The second kappa shape index (κ2) is 7.89. The van der Waals surface area contributed by atoms with Crippen molar-refractivity contribution in [3.8, 4) is 40.0 Å². The van der Waals surface area contributed by atoms with E-state index >= 15 is 0 Å². The van der Waals surface area contributed by atoms with Crippen molar-refractivity contribution < 1.29 is 4.42 Å². The fourth-order valence-corrected chi connectivity index (χ4v) is 4.24. The molecule has 4 aromatic heterocycles. The van der Waals surface area contributed by atoms with Crippen molar-refractivity contribution in [2.75, 3.05) is 0 Å². The van der Waals surface area contributed by atoms with Crippen LogP contribution < -0.4 is 0 Å². The lowest BCUT2D eigenvalue weighted by Crippen LogP contribution is -2.13. The summed E-state index contributed by atoms with van der Waals surface area (Å²) in [5.41, 5.74) is 6.69. The van der Waals surface area contributed by atoms with Gasteiger partial charge in [0, 0.05) is 28.1 Å². The molecule has 35 heavy (non-hydrogen) atoms. The average molecular weight is 457 g/mol. The van der Waals surface area contributed by atoms with E-state index in [0.29, 0.717) is 11.6 Å². The van der Waals surface area contributed by atoms with E-state index in [2.05, 4.69) is 37.3 Å². The Kier molecular flexibility index (Phi) is 4.68. The molecule has 0 aliphatic heterocycles. The Morgan fingerprint density at radius 1 is 0.886 bits per heavy atom. The largest absolute Gasteiger partial charge is 0.443 e. The Morgan fingerprint density at radius 2 is 1.69 bits per heavy atom. The summed E-state index contributed by atoms with van der Waals surface area (Å²) in [4.78, 5) is 13.3. The predicted molar refractivity (Wildman–Crippen MR) is 134 cm³/mol. The molecule has 0 spiro atoms. The summed E-state index contributed by atoms with van der Waals surface area (Å²) >= 11 is 0. The Morgan fingerprint density at radius 3 is 2.40 bits per heavy atom. The number of pyridine rings is 2. The molecular weight excluding hydrogens is 436 g/mol. The molecule has 4 heterocycles. The van der Waals surface area contributed by atoms with Crippen LogP contribution in [-0.4, -0.2) is 25.1 Å². The van der Waals surface area contributed by atoms with Crippen LogP contribution in [0.1, 0.15) is 19.4 Å². The molecule has 0 radical (unpaired) electrons. The number of rotatable bonds is 4. The molecule has 6 aromatic rings. The van der Waals surface area contributed by atoms with Crippen LogP contribution in [0, 0.1) is 11.3 Å². The van der Waals surface area contributed by atoms with Crippen molar-refractivity contribution >= 4 is 21.8 Å². The smallest absolute Gasteiger partial charge is 0.244 e. The van der Waals surface area contributed by atoms with Crippen molar-refractivity contribution in [1.29, 1.82) is 5.26 Å². The van der Waals surface area contributed by atoms with Crippen LogP contribution in [0.25, 0.3) is 55.8 Å². The van der Waals surface area contributed by atoms with Crippen molar-refractivity contribution in [1.82, 2.24) is 25.1 Å². The monoisotopic (exact) mass is 456 g/mol. The topological polar surface area (TPSA) is 104 Å². The fraction of sp³-hybridized carbons (Fsp3) is 0.107. The highest BCUT2D eigenvalue weighted by Gasteiger charge is 2.20. The van der Waals surface area contributed by atoms with E-state index in [-0.39, 0.29) is 0 Å². The molecule has 0 fully saturated rings. The first-order valence-electron chi connectivity index (χ1n) is 11.2. The van der Waals surface area contributed by atoms with Crippen LogP contribution in [-0.2, 0) is 5.41 Å². The number of nitrogens with one attached hydrogen (secondary N) is 1. The van der Waals surface area contributed by atoms with Crippen molar-refractivity contribution in [2.45, 2.75) is 19.3 Å². The zero-order valence-electron chi connectivity index (χ0n) is 19.1. The zero-order chi connectivity index (χ0) is 24.0. The van der Waals surface area contributed by atoms with Crippen LogP contribution in [0.4, 0.5) is 0 Å². The maximum atomic E-state index is 9.46. The van der Waals surface area contributed by atoms with E-state index in [0.717, 1.165) is 49.8 Å². The molecule has 1 N–H and O–H groups in total. The summed E-state index contributed by atoms with van der Waals surface area (Å²) < 4.78 is 5.34. The van der Waals surface area contributed by atoms with Crippen LogP contribution in [0.3, 0.4) is 0 Å². The van der Waals surface area contributed by atoms with Gasteiger partial charge in [0.1, 0.15) is 17.7 Å². The van der Waals surface area contributed by atoms with Gasteiger partial charge in [-0.3, -0.25) is 15.1 Å². The number of aromatic amines is 1. The van der Waals surface area contributed by atoms with Gasteiger partial charge in [-0.15, -0.1) is 0 Å². The Labute approximate surface area is 201 Å². The van der Waals surface area contributed by atoms with Crippen LogP contribution >= 0.6 is 0 Å². The van der Waals surface area contributed by atoms with Gasteiger partial charge in [-0.05, 0) is 43.2 Å². The highest BCUT2D eigenvalue weighted by molar-refractivity contribution is 6.11. The predicted octanol–water partition coefficient (Wildman–Crippen LogP) is 6.30. The quantitative estimate of drug-likeness (QED) is 0.334. The lowest BCUT2D eigenvalue weighted by atomic mass is 9.86. The molecule has 0 bridgehead atoms. The van der Waals surface area contributed by atoms with Gasteiger partial charge in [0.15, 0.2) is 0 Å². The second-order valence-corrected chi connectivity index (χ2v) is 8.93. The van der Waals surface area contributed by atoms with Gasteiger partial charge in [-0.2, -0.15) is 10.4 Å². The third-order valence-corrected chi connectivity index (χ3v) is 6.30. The number of hydrogen-bond acceptors (Lipinski definition) is 6. The summed E-state index contributed by atoms with van der Waals surface area (Å²) in [6, 6.07) is 20.5. The molecule has 7 nitrogen and oxygen atoms in total. The standard InChI is InChI=1S/C28H20N6O/c1-28(2,16-29)20-7-3-17(4-8-20)26-25-21-13-18(5-9-22(21)32-15-24(25)33-34-26)19-6-10-23(31-14-19)27-30-11-12-35-27/h3-15H,1-2H3,(H,33,34). The summed E-state index contributed by atoms with van der Waals surface area (Å²) in [6.45, 7) is 3.83. The fourth-order valence-electron chi connectivity index (χ4n) is 4.24. The SMILES string of the molecule is CC(C)(C#N)c1ccc(-c2n[nH]c3cnc4ccc(-c5ccc(-c6ncco6)nc5)cc4c23)cc1. The molecule has 7 heteroatoms. The van der Waals surface area contributed by atoms with E-state index < -0.39 is 5.41 Å². The van der Waals surface area contributed by atoms with Gasteiger partial charge in [0.05, 0.1) is 34.9 Å². The number of nitrogens with zero attached hydrogens (tertiary/aromatic N) is 5. The summed E-state index contributed by atoms with van der Waals surface area (Å²) in [7, 11) is 0. The van der Waals surface area contributed by atoms with Gasteiger partial charge < -0.3 is 4.42 Å². The number of fused-ring (bicyclic) bond motifs is 3. The number of hydrogen-bond donors (Lipinski definition) is 1. The average Bonchev–Trinajstić information content (AvgIpc) is 3.59. The minimum Gasteiger partial charge on any atom is -0.443 e. The molecule has 0 amide bonds. The number of H-pyrrole nitrogens is 1. The van der Waals surface area contributed by atoms with E-state index in [1.54, 1.807) is 6.20 Å². The lowest BCUT2D eigenvalue weighted by Gasteiger charge is -2.15. The molecule has 6 rings (SSSR count). The number of nitriles is 1. The number of benzene rings is 2. The molecule has 0 atom stereocenters. The Balaban J connectivity index is 1.45. The third kappa shape index (κ3) is 3.52. The molecule has 0 aliphatic rings. The van der Waals surface area contributed by atoms with Crippen LogP contribution in [0.2, 0.25) is 0 Å². The molecule has 0 saturated heterocycles. The Bertz CT molecular complexity index is 1710. The van der Waals surface area contributed by atoms with Gasteiger partial charge in [0.2, 0.25) is 5.89 Å². The summed E-state index contributed by atoms with van der Waals surface area (Å²) in [5.74, 6) is 0.494. The van der Waals surface area contributed by atoms with E-state index in [9.17, 15) is 5.26 Å². The number of oxazole rings is 1. The van der Waals surface area contributed by atoms with E-state index in [1.807, 2.05) is 74.8 Å². The minimum atomic E-state index is -0.547. The van der Waals surface area contributed by atoms with E-state index in [1.165, 1.54) is 6.26 Å². The van der Waals surface area contributed by atoms with Crippen molar-refractivity contribution in [3.05, 3.63) is 85.0 Å². The summed E-state index contributed by atoms with van der Waals surface area (Å²) in [5, 5.41) is 19.2. The van der Waals surface area contributed by atoms with Gasteiger partial charge in [0.25, 0.3) is 0 Å². The molecule has 0 aliphatic carbocycles. The lowest BCUT2D eigenvalue weighted by molar-refractivity contribution is 0.572. The Hall–Kier alpha value is -4.83. The van der Waals surface area contributed by atoms with Gasteiger partial charge in [-0.25, -0.2) is 4.98 Å². The third-order valence-electron chi connectivity index (χ3n) is 6.30. The first-order chi connectivity index (χ1) is 17.0. The highest BCUT2D eigenvalue weighted by atomic mass is 16.3. The maximum Gasteiger partial charge on any atom is 0.244 e. The van der Waals surface area contributed by atoms with Crippen molar-refractivity contribution in [2.24, 2.45) is 0 Å². The molecular formula is C28H20N6O. The first kappa shape index (κ1) is 20.8. The second-order valence-electron chi connectivity index (χ2n) is 8.93. The first-order valence-corrected chi connectivity index (χ1v) is 11.2. The maximum absolute atomic E-state index is 9.46. The highest BCUT2D eigenvalue weighted by Crippen LogP contribution is 2.35. The van der Waals surface area contributed by atoms with Gasteiger partial charge >= 0.3 is 0 Å².